The lowest BCUT2D eigenvalue weighted by molar-refractivity contribution is -0.130. The average Bonchev–Trinajstić information content (AvgIpc) is 2.04. The Morgan fingerprint density at radius 3 is 2.42 bits per heavy atom. The number of carbonyl (C=O) groups is 1. The average molecular weight is 191 g/mol. The number of hydrogen-bond acceptors (Lipinski definition) is 4. The van der Waals surface area contributed by atoms with Gasteiger partial charge in [-0.1, -0.05) is 13.8 Å². The maximum absolute atomic E-state index is 10.4. The van der Waals surface area contributed by atoms with Gasteiger partial charge in [-0.2, -0.15) is 0 Å². The van der Waals surface area contributed by atoms with Crippen molar-refractivity contribution in [1.82, 2.24) is 4.90 Å². The van der Waals surface area contributed by atoms with Gasteiger partial charge in [0.1, 0.15) is 0 Å². The first-order valence-electron chi connectivity index (χ1n) is 4.23. The Hall–Kier alpha value is -0.220. The predicted molar refractivity (Wildman–Crippen MR) is 52.0 cm³/mol. The van der Waals surface area contributed by atoms with E-state index >= 15 is 0 Å². The predicted octanol–water partition coefficient (Wildman–Crippen LogP) is 1.54. The standard InChI is InChI=1S/C8H17NO2S/c1-4-9(5-2)6-7-12-11-8(3)10/h4-7H2,1-3H3. The fourth-order valence-electron chi connectivity index (χ4n) is 0.831. The molecular formula is C8H17NO2S. The third kappa shape index (κ3) is 6.49. The molecular weight excluding hydrogens is 174 g/mol. The highest BCUT2D eigenvalue weighted by Gasteiger charge is 1.99. The van der Waals surface area contributed by atoms with Crippen LogP contribution in [-0.2, 0) is 8.98 Å². The molecule has 0 radical (unpaired) electrons. The first-order chi connectivity index (χ1) is 5.70. The van der Waals surface area contributed by atoms with E-state index in [0.717, 1.165) is 25.4 Å². The molecule has 4 heteroatoms. The van der Waals surface area contributed by atoms with E-state index in [1.807, 2.05) is 0 Å². The van der Waals surface area contributed by atoms with E-state index in [2.05, 4.69) is 18.7 Å². The fraction of sp³-hybridized carbons (Fsp3) is 0.875. The van der Waals surface area contributed by atoms with Crippen molar-refractivity contribution >= 4 is 18.0 Å². The zero-order valence-corrected chi connectivity index (χ0v) is 8.82. The van der Waals surface area contributed by atoms with Crippen molar-refractivity contribution in [1.29, 1.82) is 0 Å². The monoisotopic (exact) mass is 191 g/mol. The smallest absolute Gasteiger partial charge is 0.314 e. The molecule has 0 bridgehead atoms. The number of carbonyl (C=O) groups excluding carboxylic acids is 1. The SMILES string of the molecule is CCN(CC)CCSOC(C)=O. The Kier molecular flexibility index (Phi) is 7.29. The van der Waals surface area contributed by atoms with E-state index in [1.54, 1.807) is 0 Å². The summed E-state index contributed by atoms with van der Waals surface area (Å²) in [4.78, 5) is 12.7. The van der Waals surface area contributed by atoms with Gasteiger partial charge in [0.15, 0.2) is 0 Å². The molecule has 0 aliphatic carbocycles. The van der Waals surface area contributed by atoms with E-state index in [4.69, 9.17) is 4.18 Å². The Labute approximate surface area is 78.7 Å². The summed E-state index contributed by atoms with van der Waals surface area (Å²) in [5.41, 5.74) is 0. The number of hydrogen-bond donors (Lipinski definition) is 0. The van der Waals surface area contributed by atoms with Crippen LogP contribution in [0.1, 0.15) is 20.8 Å². The Balaban J connectivity index is 3.23. The highest BCUT2D eigenvalue weighted by atomic mass is 32.2. The molecule has 3 nitrogen and oxygen atoms in total. The van der Waals surface area contributed by atoms with Crippen LogP contribution in [0.2, 0.25) is 0 Å². The fourth-order valence-corrected chi connectivity index (χ4v) is 1.41. The molecule has 0 fully saturated rings. The molecule has 0 spiro atoms. The summed E-state index contributed by atoms with van der Waals surface area (Å²) in [6.45, 7) is 8.75. The first-order valence-corrected chi connectivity index (χ1v) is 5.14. The summed E-state index contributed by atoms with van der Waals surface area (Å²) in [6, 6.07) is 0. The molecule has 0 saturated carbocycles. The van der Waals surface area contributed by atoms with Crippen LogP contribution in [-0.4, -0.2) is 36.3 Å². The minimum Gasteiger partial charge on any atom is -0.392 e. The Morgan fingerprint density at radius 1 is 1.42 bits per heavy atom. The second kappa shape index (κ2) is 7.43. The molecule has 0 unspecified atom stereocenters. The van der Waals surface area contributed by atoms with Crippen molar-refractivity contribution in [3.05, 3.63) is 0 Å². The maximum Gasteiger partial charge on any atom is 0.314 e. The third-order valence-corrected chi connectivity index (χ3v) is 2.26. The normalized spacial score (nSPS) is 10.3. The molecule has 0 aromatic rings. The summed E-state index contributed by atoms with van der Waals surface area (Å²) in [6.07, 6.45) is 0. The van der Waals surface area contributed by atoms with Gasteiger partial charge in [-0.05, 0) is 13.1 Å². The van der Waals surface area contributed by atoms with Gasteiger partial charge in [0.25, 0.3) is 0 Å². The summed E-state index contributed by atoms with van der Waals surface area (Å²) >= 11 is 1.23. The van der Waals surface area contributed by atoms with Gasteiger partial charge >= 0.3 is 5.97 Å². The Bertz CT molecular complexity index is 126. The molecule has 0 rings (SSSR count). The van der Waals surface area contributed by atoms with Crippen LogP contribution in [0.5, 0.6) is 0 Å². The lowest BCUT2D eigenvalue weighted by atomic mass is 10.5. The van der Waals surface area contributed by atoms with Crippen LogP contribution in [0.3, 0.4) is 0 Å². The molecule has 0 aliphatic heterocycles. The topological polar surface area (TPSA) is 29.5 Å². The summed E-state index contributed by atoms with van der Waals surface area (Å²) in [7, 11) is 0. The van der Waals surface area contributed by atoms with Crippen LogP contribution in [0.15, 0.2) is 0 Å². The summed E-state index contributed by atoms with van der Waals surface area (Å²) in [5.74, 6) is 0.626. The van der Waals surface area contributed by atoms with Crippen molar-refractivity contribution in [3.63, 3.8) is 0 Å². The third-order valence-electron chi connectivity index (χ3n) is 1.56. The van der Waals surface area contributed by atoms with Gasteiger partial charge in [0.05, 0.1) is 12.0 Å². The largest absolute Gasteiger partial charge is 0.392 e. The molecule has 0 heterocycles. The van der Waals surface area contributed by atoms with Crippen LogP contribution in [0, 0.1) is 0 Å². The summed E-state index contributed by atoms with van der Waals surface area (Å²) in [5, 5.41) is 0. The number of rotatable bonds is 6. The van der Waals surface area contributed by atoms with Crippen molar-refractivity contribution in [3.8, 4) is 0 Å². The molecule has 0 N–H and O–H groups in total. The minimum atomic E-state index is -0.223. The zero-order valence-electron chi connectivity index (χ0n) is 8.00. The van der Waals surface area contributed by atoms with Crippen LogP contribution in [0.25, 0.3) is 0 Å². The highest BCUT2D eigenvalue weighted by molar-refractivity contribution is 7.95. The van der Waals surface area contributed by atoms with Gasteiger partial charge in [0.2, 0.25) is 0 Å². The van der Waals surface area contributed by atoms with Crippen molar-refractivity contribution in [2.75, 3.05) is 25.4 Å². The minimum absolute atomic E-state index is 0.223. The van der Waals surface area contributed by atoms with E-state index in [1.165, 1.54) is 19.0 Å². The van der Waals surface area contributed by atoms with Crippen molar-refractivity contribution < 1.29 is 8.98 Å². The molecule has 0 amide bonds. The molecule has 0 aromatic carbocycles. The second-order valence-electron chi connectivity index (χ2n) is 2.42. The lowest BCUT2D eigenvalue weighted by Gasteiger charge is -2.16. The van der Waals surface area contributed by atoms with Crippen molar-refractivity contribution in [2.24, 2.45) is 0 Å². The lowest BCUT2D eigenvalue weighted by Crippen LogP contribution is -2.25. The van der Waals surface area contributed by atoms with E-state index in [0.29, 0.717) is 0 Å². The van der Waals surface area contributed by atoms with E-state index < -0.39 is 0 Å². The Morgan fingerprint density at radius 2 is 2.00 bits per heavy atom. The molecule has 0 atom stereocenters. The molecule has 0 aliphatic rings. The molecule has 12 heavy (non-hydrogen) atoms. The zero-order chi connectivity index (χ0) is 9.40. The van der Waals surface area contributed by atoms with Crippen LogP contribution in [0.4, 0.5) is 0 Å². The van der Waals surface area contributed by atoms with Crippen molar-refractivity contribution in [2.45, 2.75) is 20.8 Å². The first kappa shape index (κ1) is 11.8. The van der Waals surface area contributed by atoms with Gasteiger partial charge in [-0.3, -0.25) is 4.79 Å². The van der Waals surface area contributed by atoms with Gasteiger partial charge in [-0.15, -0.1) is 0 Å². The van der Waals surface area contributed by atoms with Gasteiger partial charge in [-0.25, -0.2) is 0 Å². The van der Waals surface area contributed by atoms with Gasteiger partial charge < -0.3 is 9.08 Å². The van der Waals surface area contributed by atoms with Crippen LogP contribution < -0.4 is 0 Å². The molecule has 72 valence electrons. The van der Waals surface area contributed by atoms with Gasteiger partial charge in [0, 0.05) is 19.2 Å². The van der Waals surface area contributed by atoms with E-state index in [9.17, 15) is 4.79 Å². The second-order valence-corrected chi connectivity index (χ2v) is 3.23. The van der Waals surface area contributed by atoms with Crippen LogP contribution >= 0.6 is 12.0 Å². The number of nitrogens with zero attached hydrogens (tertiary/aromatic N) is 1. The molecule has 0 aromatic heterocycles. The molecule has 0 saturated heterocycles. The quantitative estimate of drug-likeness (QED) is 0.470. The maximum atomic E-state index is 10.4. The highest BCUT2D eigenvalue weighted by Crippen LogP contribution is 2.02. The van der Waals surface area contributed by atoms with E-state index in [-0.39, 0.29) is 5.97 Å². The summed E-state index contributed by atoms with van der Waals surface area (Å²) < 4.78 is 4.73.